The van der Waals surface area contributed by atoms with Gasteiger partial charge in [-0.3, -0.25) is 14.4 Å². The Morgan fingerprint density at radius 3 is 2.96 bits per heavy atom. The number of benzene rings is 1. The molecule has 0 radical (unpaired) electrons. The first-order valence-corrected chi connectivity index (χ1v) is 7.70. The molecule has 1 aromatic carbocycles. The summed E-state index contributed by atoms with van der Waals surface area (Å²) in [5, 5.41) is 5.29. The lowest BCUT2D eigenvalue weighted by atomic mass is 10.1. The van der Waals surface area contributed by atoms with Crippen LogP contribution in [-0.4, -0.2) is 31.7 Å². The molecular weight excluding hydrogens is 314 g/mol. The van der Waals surface area contributed by atoms with E-state index in [4.69, 9.17) is 11.6 Å². The van der Waals surface area contributed by atoms with Gasteiger partial charge >= 0.3 is 0 Å². The molecule has 0 bridgehead atoms. The summed E-state index contributed by atoms with van der Waals surface area (Å²) in [6, 6.07) is 7.91. The third kappa shape index (κ3) is 3.13. The fourth-order valence-electron chi connectivity index (χ4n) is 2.55. The molecule has 0 aliphatic heterocycles. The van der Waals surface area contributed by atoms with E-state index in [2.05, 4.69) is 26.9 Å². The van der Waals surface area contributed by atoms with E-state index in [-0.39, 0.29) is 11.6 Å². The van der Waals surface area contributed by atoms with Crippen molar-refractivity contribution in [3.8, 4) is 0 Å². The Hall–Kier alpha value is -2.18. The number of aromatic nitrogens is 4. The molecular formula is C16H18ClN5O. The van der Waals surface area contributed by atoms with Crippen LogP contribution in [-0.2, 0) is 13.6 Å². The van der Waals surface area contributed by atoms with Crippen LogP contribution in [0.1, 0.15) is 24.4 Å². The molecule has 0 aliphatic rings. The molecule has 3 aromatic rings. The van der Waals surface area contributed by atoms with E-state index in [0.29, 0.717) is 28.4 Å². The van der Waals surface area contributed by atoms with Gasteiger partial charge in [0.15, 0.2) is 5.65 Å². The summed E-state index contributed by atoms with van der Waals surface area (Å²) >= 11 is 6.06. The number of hydrogen-bond donors (Lipinski definition) is 1. The third-order valence-corrected chi connectivity index (χ3v) is 4.28. The van der Waals surface area contributed by atoms with Crippen LogP contribution >= 0.6 is 11.6 Å². The van der Waals surface area contributed by atoms with Crippen LogP contribution in [0.4, 0.5) is 0 Å². The molecule has 0 spiro atoms. The number of nitrogens with zero attached hydrogens (tertiary/aromatic N) is 4. The van der Waals surface area contributed by atoms with Crippen LogP contribution in [0.2, 0.25) is 5.02 Å². The lowest BCUT2D eigenvalue weighted by molar-refractivity contribution is 0.247. The van der Waals surface area contributed by atoms with Crippen LogP contribution in [0, 0.1) is 0 Å². The molecule has 120 valence electrons. The first kappa shape index (κ1) is 15.7. The van der Waals surface area contributed by atoms with Crippen molar-refractivity contribution in [3.05, 3.63) is 57.2 Å². The monoisotopic (exact) mass is 331 g/mol. The van der Waals surface area contributed by atoms with Gasteiger partial charge < -0.3 is 4.98 Å². The molecule has 23 heavy (non-hydrogen) atoms. The number of H-pyrrole nitrogens is 1. The van der Waals surface area contributed by atoms with Crippen molar-refractivity contribution >= 4 is 22.6 Å². The second-order valence-electron chi connectivity index (χ2n) is 5.66. The highest BCUT2D eigenvalue weighted by molar-refractivity contribution is 6.30. The van der Waals surface area contributed by atoms with E-state index in [1.54, 1.807) is 11.7 Å². The van der Waals surface area contributed by atoms with Gasteiger partial charge in [-0.05, 0) is 31.7 Å². The topological polar surface area (TPSA) is 66.8 Å². The van der Waals surface area contributed by atoms with Gasteiger partial charge in [-0.1, -0.05) is 23.7 Å². The smallest absolute Gasteiger partial charge is 0.262 e. The van der Waals surface area contributed by atoms with Crippen molar-refractivity contribution in [2.45, 2.75) is 19.5 Å². The largest absolute Gasteiger partial charge is 0.309 e. The molecule has 0 saturated heterocycles. The third-order valence-electron chi connectivity index (χ3n) is 4.04. The summed E-state index contributed by atoms with van der Waals surface area (Å²) in [4.78, 5) is 21.5. The van der Waals surface area contributed by atoms with E-state index in [9.17, 15) is 4.79 Å². The zero-order chi connectivity index (χ0) is 16.6. The van der Waals surface area contributed by atoms with Crippen LogP contribution in [0.15, 0.2) is 35.3 Å². The maximum Gasteiger partial charge on any atom is 0.262 e. The Kier molecular flexibility index (Phi) is 4.19. The van der Waals surface area contributed by atoms with Crippen molar-refractivity contribution in [2.75, 3.05) is 7.05 Å². The number of fused-ring (bicyclic) bond motifs is 1. The van der Waals surface area contributed by atoms with Crippen LogP contribution < -0.4 is 5.56 Å². The quantitative estimate of drug-likeness (QED) is 0.797. The van der Waals surface area contributed by atoms with Gasteiger partial charge in [-0.2, -0.15) is 5.10 Å². The molecule has 0 unspecified atom stereocenters. The number of aromatic amines is 1. The molecule has 3 rings (SSSR count). The fraction of sp³-hybridized carbons (Fsp3) is 0.312. The number of nitrogens with one attached hydrogen (secondary N) is 1. The second kappa shape index (κ2) is 6.14. The van der Waals surface area contributed by atoms with Crippen LogP contribution in [0.3, 0.4) is 0 Å². The first-order chi connectivity index (χ1) is 11.0. The Morgan fingerprint density at radius 2 is 2.22 bits per heavy atom. The van der Waals surface area contributed by atoms with Gasteiger partial charge in [-0.15, -0.1) is 0 Å². The molecule has 1 atom stereocenters. The lowest BCUT2D eigenvalue weighted by Crippen LogP contribution is -2.25. The molecule has 0 fully saturated rings. The minimum Gasteiger partial charge on any atom is -0.309 e. The number of aryl methyl sites for hydroxylation is 1. The van der Waals surface area contributed by atoms with E-state index < -0.39 is 0 Å². The normalized spacial score (nSPS) is 12.9. The minimum atomic E-state index is -0.165. The van der Waals surface area contributed by atoms with Gasteiger partial charge in [0.25, 0.3) is 5.56 Å². The summed E-state index contributed by atoms with van der Waals surface area (Å²) in [5.74, 6) is 0.613. The van der Waals surface area contributed by atoms with Gasteiger partial charge in [0.2, 0.25) is 0 Å². The van der Waals surface area contributed by atoms with Crippen molar-refractivity contribution in [1.29, 1.82) is 0 Å². The van der Waals surface area contributed by atoms with E-state index >= 15 is 0 Å². The highest BCUT2D eigenvalue weighted by atomic mass is 35.5. The Bertz CT molecular complexity index is 901. The van der Waals surface area contributed by atoms with Crippen molar-refractivity contribution in [1.82, 2.24) is 24.6 Å². The van der Waals surface area contributed by atoms with Crippen molar-refractivity contribution in [2.24, 2.45) is 7.05 Å². The molecule has 0 saturated carbocycles. The molecule has 0 aliphatic carbocycles. The highest BCUT2D eigenvalue weighted by Crippen LogP contribution is 2.22. The predicted molar refractivity (Wildman–Crippen MR) is 90.5 cm³/mol. The first-order valence-electron chi connectivity index (χ1n) is 7.32. The molecule has 7 heteroatoms. The Labute approximate surface area is 138 Å². The summed E-state index contributed by atoms with van der Waals surface area (Å²) in [6.45, 7) is 2.61. The summed E-state index contributed by atoms with van der Waals surface area (Å²) < 4.78 is 1.61. The van der Waals surface area contributed by atoms with E-state index in [1.165, 1.54) is 6.20 Å². The highest BCUT2D eigenvalue weighted by Gasteiger charge is 2.15. The van der Waals surface area contributed by atoms with Crippen LogP contribution in [0.25, 0.3) is 11.0 Å². The average Bonchev–Trinajstić information content (AvgIpc) is 2.88. The van der Waals surface area contributed by atoms with Crippen LogP contribution in [0.5, 0.6) is 0 Å². The number of rotatable bonds is 4. The summed E-state index contributed by atoms with van der Waals surface area (Å²) in [6.07, 6.45) is 1.53. The number of hydrogen-bond acceptors (Lipinski definition) is 4. The maximum absolute atomic E-state index is 12.1. The predicted octanol–water partition coefficient (Wildman–Crippen LogP) is 2.50. The van der Waals surface area contributed by atoms with E-state index in [0.717, 1.165) is 5.56 Å². The summed E-state index contributed by atoms with van der Waals surface area (Å²) in [7, 11) is 3.76. The fourth-order valence-corrected chi connectivity index (χ4v) is 2.75. The van der Waals surface area contributed by atoms with E-state index in [1.807, 2.05) is 31.3 Å². The van der Waals surface area contributed by atoms with Gasteiger partial charge in [0.1, 0.15) is 11.2 Å². The number of halogens is 1. The molecule has 2 aromatic heterocycles. The van der Waals surface area contributed by atoms with Gasteiger partial charge in [0.05, 0.1) is 12.7 Å². The Balaban J connectivity index is 1.86. The maximum atomic E-state index is 12.1. The standard InChI is InChI=1S/C16H18ClN5O/c1-10(11-5-4-6-12(17)7-11)21(2)9-14-19-15-13(16(23)20-14)8-18-22(15)3/h4-8,10H,9H2,1-3H3,(H,19,20,23)/t10-/m1/s1. The van der Waals surface area contributed by atoms with Gasteiger partial charge in [-0.25, -0.2) is 4.98 Å². The SMILES string of the molecule is C[C@H](c1cccc(Cl)c1)N(C)Cc1nc2c(cnn2C)c(=O)[nH]1. The average molecular weight is 332 g/mol. The molecule has 2 heterocycles. The Morgan fingerprint density at radius 1 is 1.43 bits per heavy atom. The zero-order valence-electron chi connectivity index (χ0n) is 13.2. The van der Waals surface area contributed by atoms with Crippen molar-refractivity contribution < 1.29 is 0 Å². The molecule has 6 nitrogen and oxygen atoms in total. The molecule has 1 N–H and O–H groups in total. The minimum absolute atomic E-state index is 0.140. The lowest BCUT2D eigenvalue weighted by Gasteiger charge is -2.24. The zero-order valence-corrected chi connectivity index (χ0v) is 14.0. The summed E-state index contributed by atoms with van der Waals surface area (Å²) in [5.41, 5.74) is 1.54. The molecule has 0 amide bonds. The second-order valence-corrected chi connectivity index (χ2v) is 6.10. The van der Waals surface area contributed by atoms with Gasteiger partial charge in [0, 0.05) is 18.1 Å². The van der Waals surface area contributed by atoms with Crippen molar-refractivity contribution in [3.63, 3.8) is 0 Å².